The van der Waals surface area contributed by atoms with E-state index in [0.717, 1.165) is 10.7 Å². The van der Waals surface area contributed by atoms with Gasteiger partial charge in [0.2, 0.25) is 0 Å². The summed E-state index contributed by atoms with van der Waals surface area (Å²) in [6, 6.07) is 40.0. The predicted octanol–water partition coefficient (Wildman–Crippen LogP) is 7.33. The van der Waals surface area contributed by atoms with E-state index in [1.807, 2.05) is 24.3 Å². The minimum absolute atomic E-state index is 0.0761. The van der Waals surface area contributed by atoms with Crippen LogP contribution in [0.2, 0.25) is 5.02 Å². The maximum atomic E-state index is 6.09. The second kappa shape index (κ2) is 8.77. The summed E-state index contributed by atoms with van der Waals surface area (Å²) in [5, 5.41) is 4.50. The van der Waals surface area contributed by atoms with Crippen molar-refractivity contribution >= 4 is 17.3 Å². The number of rotatable bonds is 6. The average Bonchev–Trinajstić information content (AvgIpc) is 2.77. The SMILES string of the molecule is Clc1ccc(NC(c2ccccc2)C(c2ccccc2)c2ccccc2)cc1. The van der Waals surface area contributed by atoms with Crippen LogP contribution in [-0.4, -0.2) is 0 Å². The molecule has 0 fully saturated rings. The van der Waals surface area contributed by atoms with Crippen LogP contribution in [-0.2, 0) is 0 Å². The lowest BCUT2D eigenvalue weighted by molar-refractivity contribution is 0.671. The predicted molar refractivity (Wildman–Crippen MR) is 119 cm³/mol. The molecule has 0 aliphatic carbocycles. The molecule has 0 heterocycles. The van der Waals surface area contributed by atoms with Crippen LogP contribution in [0.5, 0.6) is 0 Å². The van der Waals surface area contributed by atoms with Crippen molar-refractivity contribution in [3.05, 3.63) is 137 Å². The number of hydrogen-bond acceptors (Lipinski definition) is 1. The Labute approximate surface area is 171 Å². The summed E-state index contributed by atoms with van der Waals surface area (Å²) in [6.45, 7) is 0. The first-order chi connectivity index (χ1) is 13.8. The molecule has 1 unspecified atom stereocenters. The highest BCUT2D eigenvalue weighted by Crippen LogP contribution is 2.39. The zero-order valence-corrected chi connectivity index (χ0v) is 16.3. The van der Waals surface area contributed by atoms with Crippen molar-refractivity contribution in [1.29, 1.82) is 0 Å². The molecule has 0 spiro atoms. The first-order valence-electron chi connectivity index (χ1n) is 9.48. The zero-order chi connectivity index (χ0) is 19.2. The molecule has 2 heteroatoms. The molecule has 4 aromatic rings. The third-order valence-corrected chi connectivity index (χ3v) is 5.23. The van der Waals surface area contributed by atoms with E-state index >= 15 is 0 Å². The molecule has 4 aromatic carbocycles. The molecule has 0 bridgehead atoms. The molecule has 1 N–H and O–H groups in total. The van der Waals surface area contributed by atoms with Crippen molar-refractivity contribution in [2.45, 2.75) is 12.0 Å². The summed E-state index contributed by atoms with van der Waals surface area (Å²) in [4.78, 5) is 0. The third-order valence-electron chi connectivity index (χ3n) is 4.98. The lowest BCUT2D eigenvalue weighted by Crippen LogP contribution is -2.20. The van der Waals surface area contributed by atoms with Gasteiger partial charge in [-0.3, -0.25) is 0 Å². The van der Waals surface area contributed by atoms with E-state index in [1.165, 1.54) is 16.7 Å². The van der Waals surface area contributed by atoms with Crippen LogP contribution in [0.15, 0.2) is 115 Å². The topological polar surface area (TPSA) is 12.0 Å². The quantitative estimate of drug-likeness (QED) is 0.367. The Balaban J connectivity index is 1.82. The maximum Gasteiger partial charge on any atom is 0.0623 e. The molecule has 0 radical (unpaired) electrons. The second-order valence-corrected chi connectivity index (χ2v) is 7.28. The van der Waals surface area contributed by atoms with Crippen molar-refractivity contribution in [3.8, 4) is 0 Å². The zero-order valence-electron chi connectivity index (χ0n) is 15.5. The molecule has 1 nitrogen and oxygen atoms in total. The summed E-state index contributed by atoms with van der Waals surface area (Å²) in [5.74, 6) is 0.167. The minimum Gasteiger partial charge on any atom is -0.377 e. The van der Waals surface area contributed by atoms with Gasteiger partial charge in [-0.05, 0) is 41.0 Å². The van der Waals surface area contributed by atoms with Crippen LogP contribution >= 0.6 is 11.6 Å². The Morgan fingerprint density at radius 3 is 1.39 bits per heavy atom. The average molecular weight is 384 g/mol. The molecule has 138 valence electrons. The van der Waals surface area contributed by atoms with Crippen molar-refractivity contribution < 1.29 is 0 Å². The van der Waals surface area contributed by atoms with Crippen molar-refractivity contribution in [2.24, 2.45) is 0 Å². The molecule has 4 rings (SSSR count). The van der Waals surface area contributed by atoms with Crippen LogP contribution in [0, 0.1) is 0 Å². The molecule has 0 saturated heterocycles. The molecule has 0 saturated carbocycles. The number of benzene rings is 4. The Hall–Kier alpha value is -3.03. The number of hydrogen-bond donors (Lipinski definition) is 1. The summed E-state index contributed by atoms with van der Waals surface area (Å²) in [7, 11) is 0. The molecule has 0 aliphatic rings. The van der Waals surface area contributed by atoms with Gasteiger partial charge in [0, 0.05) is 16.6 Å². The highest BCUT2D eigenvalue weighted by atomic mass is 35.5. The monoisotopic (exact) mass is 383 g/mol. The van der Waals surface area contributed by atoms with Crippen LogP contribution in [0.1, 0.15) is 28.7 Å². The van der Waals surface area contributed by atoms with Gasteiger partial charge in [0.25, 0.3) is 0 Å². The maximum absolute atomic E-state index is 6.09. The summed E-state index contributed by atoms with van der Waals surface area (Å²) < 4.78 is 0. The van der Waals surface area contributed by atoms with E-state index in [-0.39, 0.29) is 12.0 Å². The van der Waals surface area contributed by atoms with Gasteiger partial charge in [0.05, 0.1) is 6.04 Å². The Bertz CT molecular complexity index is 943. The van der Waals surface area contributed by atoms with Gasteiger partial charge in [-0.1, -0.05) is 103 Å². The Kier molecular flexibility index (Phi) is 5.75. The van der Waals surface area contributed by atoms with Crippen molar-refractivity contribution in [1.82, 2.24) is 0 Å². The van der Waals surface area contributed by atoms with Gasteiger partial charge in [-0.2, -0.15) is 0 Å². The molecule has 0 aromatic heterocycles. The minimum atomic E-state index is 0.0761. The lowest BCUT2D eigenvalue weighted by atomic mass is 9.81. The second-order valence-electron chi connectivity index (χ2n) is 6.84. The first-order valence-corrected chi connectivity index (χ1v) is 9.86. The highest BCUT2D eigenvalue weighted by molar-refractivity contribution is 6.30. The molecular weight excluding hydrogens is 362 g/mol. The van der Waals surface area contributed by atoms with Gasteiger partial charge >= 0.3 is 0 Å². The van der Waals surface area contributed by atoms with E-state index in [4.69, 9.17) is 11.6 Å². The first kappa shape index (κ1) is 18.3. The molecule has 28 heavy (non-hydrogen) atoms. The van der Waals surface area contributed by atoms with E-state index in [1.54, 1.807) is 0 Å². The Morgan fingerprint density at radius 1 is 0.500 bits per heavy atom. The van der Waals surface area contributed by atoms with Gasteiger partial charge in [-0.25, -0.2) is 0 Å². The molecular formula is C26H22ClN. The fraction of sp³-hybridized carbons (Fsp3) is 0.0769. The van der Waals surface area contributed by atoms with E-state index in [9.17, 15) is 0 Å². The van der Waals surface area contributed by atoms with Crippen molar-refractivity contribution in [3.63, 3.8) is 0 Å². The third kappa shape index (κ3) is 4.27. The highest BCUT2D eigenvalue weighted by Gasteiger charge is 2.26. The van der Waals surface area contributed by atoms with Crippen LogP contribution in [0.25, 0.3) is 0 Å². The lowest BCUT2D eigenvalue weighted by Gasteiger charge is -2.30. The fourth-order valence-corrected chi connectivity index (χ4v) is 3.77. The fourth-order valence-electron chi connectivity index (χ4n) is 3.64. The molecule has 1 atom stereocenters. The van der Waals surface area contributed by atoms with E-state index in [0.29, 0.717) is 0 Å². The largest absolute Gasteiger partial charge is 0.377 e. The standard InChI is InChI=1S/C26H22ClN/c27-23-16-18-24(19-17-23)28-26(22-14-8-3-9-15-22)25(20-10-4-1-5-11-20)21-12-6-2-7-13-21/h1-19,25-26,28H. The van der Waals surface area contributed by atoms with Gasteiger partial charge in [0.1, 0.15) is 0 Å². The summed E-state index contributed by atoms with van der Waals surface area (Å²) >= 11 is 6.09. The van der Waals surface area contributed by atoms with E-state index in [2.05, 4.69) is 96.3 Å². The van der Waals surface area contributed by atoms with Crippen LogP contribution < -0.4 is 5.32 Å². The molecule has 0 aliphatic heterocycles. The number of nitrogens with one attached hydrogen (secondary N) is 1. The van der Waals surface area contributed by atoms with Crippen LogP contribution in [0.4, 0.5) is 5.69 Å². The van der Waals surface area contributed by atoms with Gasteiger partial charge < -0.3 is 5.32 Å². The van der Waals surface area contributed by atoms with Gasteiger partial charge in [0.15, 0.2) is 0 Å². The normalized spacial score (nSPS) is 11.9. The summed E-state index contributed by atoms with van der Waals surface area (Å²) in [5.41, 5.74) is 4.86. The van der Waals surface area contributed by atoms with Crippen LogP contribution in [0.3, 0.4) is 0 Å². The number of anilines is 1. The van der Waals surface area contributed by atoms with Crippen molar-refractivity contribution in [2.75, 3.05) is 5.32 Å². The smallest absolute Gasteiger partial charge is 0.0623 e. The summed E-state index contributed by atoms with van der Waals surface area (Å²) in [6.07, 6.45) is 0. The van der Waals surface area contributed by atoms with Gasteiger partial charge in [-0.15, -0.1) is 0 Å². The number of halogens is 1. The Morgan fingerprint density at radius 2 is 0.929 bits per heavy atom. The van der Waals surface area contributed by atoms with E-state index < -0.39 is 0 Å². The molecule has 0 amide bonds.